The predicted octanol–water partition coefficient (Wildman–Crippen LogP) is 0.257. The molecule has 2 fully saturated rings. The zero-order valence-electron chi connectivity index (χ0n) is 10.9. The molecule has 18 heavy (non-hydrogen) atoms. The van der Waals surface area contributed by atoms with E-state index in [4.69, 9.17) is 0 Å². The summed E-state index contributed by atoms with van der Waals surface area (Å²) in [4.78, 5) is 25.5. The van der Waals surface area contributed by atoms with Gasteiger partial charge in [-0.2, -0.15) is 0 Å². The van der Waals surface area contributed by atoms with Gasteiger partial charge in [-0.05, 0) is 32.2 Å². The summed E-state index contributed by atoms with van der Waals surface area (Å²) in [6.45, 7) is 3.16. The summed E-state index contributed by atoms with van der Waals surface area (Å²) >= 11 is 0. The van der Waals surface area contributed by atoms with E-state index in [0.717, 1.165) is 51.7 Å². The Morgan fingerprint density at radius 1 is 1.17 bits per heavy atom. The first-order valence-corrected chi connectivity index (χ1v) is 7.06. The van der Waals surface area contributed by atoms with E-state index >= 15 is 0 Å². The van der Waals surface area contributed by atoms with Gasteiger partial charge in [-0.25, -0.2) is 0 Å². The van der Waals surface area contributed by atoms with Gasteiger partial charge in [-0.15, -0.1) is 0 Å². The van der Waals surface area contributed by atoms with Crippen molar-refractivity contribution < 1.29 is 9.59 Å². The van der Waals surface area contributed by atoms with Gasteiger partial charge < -0.3 is 15.5 Å². The zero-order valence-corrected chi connectivity index (χ0v) is 10.9. The van der Waals surface area contributed by atoms with Gasteiger partial charge in [0.25, 0.3) is 0 Å². The molecule has 5 heteroatoms. The molecule has 2 aliphatic rings. The number of hydrogen-bond acceptors (Lipinski definition) is 3. The van der Waals surface area contributed by atoms with Crippen molar-refractivity contribution >= 4 is 11.8 Å². The molecule has 0 unspecified atom stereocenters. The van der Waals surface area contributed by atoms with Crippen molar-refractivity contribution in [3.63, 3.8) is 0 Å². The number of amides is 2. The molecule has 0 aromatic carbocycles. The number of hydrogen-bond donors (Lipinski definition) is 2. The summed E-state index contributed by atoms with van der Waals surface area (Å²) in [5, 5.41) is 6.06. The van der Waals surface area contributed by atoms with Crippen LogP contribution in [0, 0.1) is 0 Å². The lowest BCUT2D eigenvalue weighted by Crippen LogP contribution is -2.47. The van der Waals surface area contributed by atoms with Crippen molar-refractivity contribution in [1.29, 1.82) is 0 Å². The average molecular weight is 253 g/mol. The highest BCUT2D eigenvalue weighted by Crippen LogP contribution is 2.09. The maximum Gasteiger partial charge on any atom is 0.237 e. The van der Waals surface area contributed by atoms with Gasteiger partial charge in [0, 0.05) is 26.1 Å². The van der Waals surface area contributed by atoms with Gasteiger partial charge in [0.2, 0.25) is 11.8 Å². The van der Waals surface area contributed by atoms with Gasteiger partial charge >= 0.3 is 0 Å². The second kappa shape index (κ2) is 6.73. The lowest BCUT2D eigenvalue weighted by atomic mass is 10.0. The van der Waals surface area contributed by atoms with Crippen molar-refractivity contribution in [2.24, 2.45) is 0 Å². The lowest BCUT2D eigenvalue weighted by molar-refractivity contribution is -0.130. The SMILES string of the molecule is O=C(NCCC(=O)N1CCCC1)[C@@H]1CCCCN1. The van der Waals surface area contributed by atoms with E-state index in [1.165, 1.54) is 0 Å². The number of nitrogens with one attached hydrogen (secondary N) is 2. The molecular formula is C13H23N3O2. The fraction of sp³-hybridized carbons (Fsp3) is 0.846. The minimum absolute atomic E-state index is 0.0453. The minimum Gasteiger partial charge on any atom is -0.354 e. The third-order valence-corrected chi connectivity index (χ3v) is 3.72. The van der Waals surface area contributed by atoms with E-state index in [-0.39, 0.29) is 17.9 Å². The van der Waals surface area contributed by atoms with Crippen LogP contribution in [0.15, 0.2) is 0 Å². The van der Waals surface area contributed by atoms with Crippen molar-refractivity contribution in [1.82, 2.24) is 15.5 Å². The van der Waals surface area contributed by atoms with Gasteiger partial charge in [-0.3, -0.25) is 9.59 Å². The number of carbonyl (C=O) groups is 2. The molecule has 2 rings (SSSR count). The molecule has 0 spiro atoms. The first-order valence-electron chi connectivity index (χ1n) is 7.06. The maximum absolute atomic E-state index is 11.8. The molecule has 2 heterocycles. The van der Waals surface area contributed by atoms with Crippen LogP contribution in [0.5, 0.6) is 0 Å². The van der Waals surface area contributed by atoms with Crippen LogP contribution in [0.2, 0.25) is 0 Å². The van der Waals surface area contributed by atoms with Crippen LogP contribution in [-0.4, -0.2) is 48.9 Å². The molecule has 0 bridgehead atoms. The van der Waals surface area contributed by atoms with E-state index in [2.05, 4.69) is 10.6 Å². The normalized spacial score (nSPS) is 24.0. The topological polar surface area (TPSA) is 61.4 Å². The smallest absolute Gasteiger partial charge is 0.237 e. The highest BCUT2D eigenvalue weighted by molar-refractivity contribution is 5.83. The van der Waals surface area contributed by atoms with Crippen LogP contribution in [0.1, 0.15) is 38.5 Å². The van der Waals surface area contributed by atoms with Crippen LogP contribution >= 0.6 is 0 Å². The van der Waals surface area contributed by atoms with E-state index in [1.54, 1.807) is 0 Å². The molecule has 1 atom stereocenters. The number of carbonyl (C=O) groups excluding carboxylic acids is 2. The Bertz CT molecular complexity index is 295. The molecule has 2 amide bonds. The Morgan fingerprint density at radius 3 is 2.61 bits per heavy atom. The number of nitrogens with zero attached hydrogens (tertiary/aromatic N) is 1. The van der Waals surface area contributed by atoms with Crippen molar-refractivity contribution in [2.45, 2.75) is 44.6 Å². The fourth-order valence-electron chi connectivity index (χ4n) is 2.62. The third kappa shape index (κ3) is 3.70. The summed E-state index contributed by atoms with van der Waals surface area (Å²) in [5.41, 5.74) is 0. The van der Waals surface area contributed by atoms with Crippen LogP contribution in [0.25, 0.3) is 0 Å². The second-order valence-electron chi connectivity index (χ2n) is 5.13. The van der Waals surface area contributed by atoms with Crippen LogP contribution < -0.4 is 10.6 Å². The standard InChI is InChI=1S/C13H23N3O2/c17-12(16-9-3-4-10-16)6-8-15-13(18)11-5-1-2-7-14-11/h11,14H,1-10H2,(H,15,18)/t11-/m0/s1. The minimum atomic E-state index is -0.0550. The summed E-state index contributed by atoms with van der Waals surface area (Å²) in [6, 6.07) is -0.0550. The van der Waals surface area contributed by atoms with Crippen molar-refractivity contribution in [3.05, 3.63) is 0 Å². The molecule has 0 aromatic heterocycles. The zero-order chi connectivity index (χ0) is 12.8. The summed E-state index contributed by atoms with van der Waals surface area (Å²) in [5.74, 6) is 0.216. The highest BCUT2D eigenvalue weighted by atomic mass is 16.2. The number of rotatable bonds is 4. The molecule has 102 valence electrons. The Balaban J connectivity index is 1.62. The Morgan fingerprint density at radius 2 is 1.94 bits per heavy atom. The van der Waals surface area contributed by atoms with Crippen molar-refractivity contribution in [3.8, 4) is 0 Å². The summed E-state index contributed by atoms with van der Waals surface area (Å²) in [7, 11) is 0. The summed E-state index contributed by atoms with van der Waals surface area (Å²) < 4.78 is 0. The van der Waals surface area contributed by atoms with Gasteiger partial charge in [0.15, 0.2) is 0 Å². The molecule has 5 nitrogen and oxygen atoms in total. The fourth-order valence-corrected chi connectivity index (χ4v) is 2.62. The monoisotopic (exact) mass is 253 g/mol. The molecular weight excluding hydrogens is 230 g/mol. The predicted molar refractivity (Wildman–Crippen MR) is 69.1 cm³/mol. The van der Waals surface area contributed by atoms with Crippen LogP contribution in [-0.2, 0) is 9.59 Å². The molecule has 2 saturated heterocycles. The highest BCUT2D eigenvalue weighted by Gasteiger charge is 2.21. The molecule has 2 aliphatic heterocycles. The maximum atomic E-state index is 11.8. The molecule has 0 radical (unpaired) electrons. The first-order chi connectivity index (χ1) is 8.77. The van der Waals surface area contributed by atoms with Gasteiger partial charge in [0.1, 0.15) is 0 Å². The Kier molecular flexibility index (Phi) is 4.99. The Hall–Kier alpha value is -1.10. The molecule has 0 saturated carbocycles. The van der Waals surface area contributed by atoms with E-state index in [9.17, 15) is 9.59 Å². The van der Waals surface area contributed by atoms with Crippen molar-refractivity contribution in [2.75, 3.05) is 26.2 Å². The average Bonchev–Trinajstić information content (AvgIpc) is 2.93. The van der Waals surface area contributed by atoms with Crippen LogP contribution in [0.4, 0.5) is 0 Å². The lowest BCUT2D eigenvalue weighted by Gasteiger charge is -2.22. The third-order valence-electron chi connectivity index (χ3n) is 3.72. The number of likely N-dealkylation sites (tertiary alicyclic amines) is 1. The largest absolute Gasteiger partial charge is 0.354 e. The Labute approximate surface area is 108 Å². The van der Waals surface area contributed by atoms with Gasteiger partial charge in [0.05, 0.1) is 6.04 Å². The second-order valence-corrected chi connectivity index (χ2v) is 5.13. The van der Waals surface area contributed by atoms with E-state index in [0.29, 0.717) is 13.0 Å². The van der Waals surface area contributed by atoms with E-state index < -0.39 is 0 Å². The molecule has 0 aromatic rings. The molecule has 2 N–H and O–H groups in total. The van der Waals surface area contributed by atoms with Crippen LogP contribution in [0.3, 0.4) is 0 Å². The van der Waals surface area contributed by atoms with Gasteiger partial charge in [-0.1, -0.05) is 6.42 Å². The first kappa shape index (κ1) is 13.3. The quantitative estimate of drug-likeness (QED) is 0.755. The molecule has 0 aliphatic carbocycles. The summed E-state index contributed by atoms with van der Waals surface area (Å²) in [6.07, 6.45) is 5.83. The van der Waals surface area contributed by atoms with E-state index in [1.807, 2.05) is 4.90 Å². The number of piperidine rings is 1.